The average Bonchev–Trinajstić information content (AvgIpc) is 3.03. The molecule has 110 valence electrons. The predicted octanol–water partition coefficient (Wildman–Crippen LogP) is 2.12. The van der Waals surface area contributed by atoms with Gasteiger partial charge >= 0.3 is 0 Å². The third-order valence-electron chi connectivity index (χ3n) is 2.94. The highest BCUT2D eigenvalue weighted by molar-refractivity contribution is 5.92. The number of nitrogens with zero attached hydrogens (tertiary/aromatic N) is 3. The molecule has 7 heteroatoms. The number of nitrogens with one attached hydrogen (secondary N) is 3. The van der Waals surface area contributed by atoms with Crippen LogP contribution in [0.15, 0.2) is 54.6 Å². The molecule has 0 radical (unpaired) electrons. The molecular formula is C15H14N6O. The second-order valence-electron chi connectivity index (χ2n) is 4.62. The fraction of sp³-hybridized carbons (Fsp3) is 0.0667. The lowest BCUT2D eigenvalue weighted by Crippen LogP contribution is -2.15. The molecule has 0 fully saturated rings. The van der Waals surface area contributed by atoms with Crippen LogP contribution in [0.5, 0.6) is 0 Å². The van der Waals surface area contributed by atoms with Gasteiger partial charge in [-0.05, 0) is 36.4 Å². The van der Waals surface area contributed by atoms with Crippen molar-refractivity contribution < 1.29 is 4.79 Å². The molecule has 0 unspecified atom stereocenters. The number of tetrazole rings is 1. The number of benzene rings is 2. The largest absolute Gasteiger partial charge is 0.356 e. The summed E-state index contributed by atoms with van der Waals surface area (Å²) >= 11 is 0. The van der Waals surface area contributed by atoms with E-state index in [0.29, 0.717) is 11.5 Å². The zero-order chi connectivity index (χ0) is 15.2. The number of amides is 1. The standard InChI is InChI=1S/C15H14N6O/c22-15(10-14-18-20-21-19-14)17-13-8-6-12(7-9-13)16-11-4-2-1-3-5-11/h1-9,16H,10H2,(H,17,22)(H,18,19,20,21). The van der Waals surface area contributed by atoms with Crippen molar-refractivity contribution in [3.05, 3.63) is 60.4 Å². The summed E-state index contributed by atoms with van der Waals surface area (Å²) in [6.45, 7) is 0. The van der Waals surface area contributed by atoms with Crippen molar-refractivity contribution in [2.24, 2.45) is 0 Å². The molecule has 22 heavy (non-hydrogen) atoms. The third-order valence-corrected chi connectivity index (χ3v) is 2.94. The van der Waals surface area contributed by atoms with Crippen molar-refractivity contribution in [3.8, 4) is 0 Å². The molecule has 1 aromatic heterocycles. The van der Waals surface area contributed by atoms with Gasteiger partial charge in [0.25, 0.3) is 0 Å². The first-order valence-corrected chi connectivity index (χ1v) is 6.74. The highest BCUT2D eigenvalue weighted by Gasteiger charge is 2.07. The lowest BCUT2D eigenvalue weighted by atomic mass is 10.2. The van der Waals surface area contributed by atoms with Gasteiger partial charge in [-0.3, -0.25) is 4.79 Å². The molecule has 0 bridgehead atoms. The summed E-state index contributed by atoms with van der Waals surface area (Å²) in [5.41, 5.74) is 2.67. The van der Waals surface area contributed by atoms with Crippen LogP contribution in [0.25, 0.3) is 0 Å². The Morgan fingerprint density at radius 3 is 2.32 bits per heavy atom. The molecule has 0 saturated heterocycles. The van der Waals surface area contributed by atoms with E-state index in [1.807, 2.05) is 54.6 Å². The Labute approximate surface area is 126 Å². The smallest absolute Gasteiger partial charge is 0.232 e. The Kier molecular flexibility index (Phi) is 4.05. The van der Waals surface area contributed by atoms with E-state index in [2.05, 4.69) is 31.3 Å². The number of rotatable bonds is 5. The van der Waals surface area contributed by atoms with Crippen molar-refractivity contribution in [3.63, 3.8) is 0 Å². The molecule has 0 atom stereocenters. The topological polar surface area (TPSA) is 95.6 Å². The zero-order valence-corrected chi connectivity index (χ0v) is 11.7. The monoisotopic (exact) mass is 294 g/mol. The van der Waals surface area contributed by atoms with Gasteiger partial charge in [0.2, 0.25) is 5.91 Å². The first-order chi connectivity index (χ1) is 10.8. The summed E-state index contributed by atoms with van der Waals surface area (Å²) < 4.78 is 0. The maximum absolute atomic E-state index is 11.8. The molecule has 1 heterocycles. The van der Waals surface area contributed by atoms with Gasteiger partial charge in [-0.1, -0.05) is 23.4 Å². The Balaban J connectivity index is 1.58. The van der Waals surface area contributed by atoms with E-state index >= 15 is 0 Å². The molecule has 3 rings (SSSR count). The minimum Gasteiger partial charge on any atom is -0.356 e. The van der Waals surface area contributed by atoms with Crippen LogP contribution < -0.4 is 10.6 Å². The van der Waals surface area contributed by atoms with Gasteiger partial charge in [0.1, 0.15) is 0 Å². The van der Waals surface area contributed by atoms with Crippen molar-refractivity contribution in [2.45, 2.75) is 6.42 Å². The number of aromatic nitrogens is 4. The molecule has 0 aliphatic rings. The van der Waals surface area contributed by atoms with Gasteiger partial charge < -0.3 is 10.6 Å². The van der Waals surface area contributed by atoms with Gasteiger partial charge in [0.05, 0.1) is 6.42 Å². The van der Waals surface area contributed by atoms with Gasteiger partial charge in [0, 0.05) is 17.1 Å². The SMILES string of the molecule is O=C(Cc1nn[nH]n1)Nc1ccc(Nc2ccccc2)cc1. The minimum absolute atomic E-state index is 0.0838. The zero-order valence-electron chi connectivity index (χ0n) is 11.7. The van der Waals surface area contributed by atoms with Crippen LogP contribution in [0.3, 0.4) is 0 Å². The highest BCUT2D eigenvalue weighted by Crippen LogP contribution is 2.18. The molecule has 7 nitrogen and oxygen atoms in total. The third kappa shape index (κ3) is 3.66. The second kappa shape index (κ2) is 6.49. The molecule has 0 aliphatic heterocycles. The molecule has 0 saturated carbocycles. The van der Waals surface area contributed by atoms with Gasteiger partial charge in [-0.2, -0.15) is 5.21 Å². The summed E-state index contributed by atoms with van der Waals surface area (Å²) in [7, 11) is 0. The lowest BCUT2D eigenvalue weighted by Gasteiger charge is -2.08. The average molecular weight is 294 g/mol. The second-order valence-corrected chi connectivity index (χ2v) is 4.62. The van der Waals surface area contributed by atoms with Crippen LogP contribution in [0.1, 0.15) is 5.82 Å². The van der Waals surface area contributed by atoms with Gasteiger partial charge in [0.15, 0.2) is 5.82 Å². The van der Waals surface area contributed by atoms with E-state index in [0.717, 1.165) is 11.4 Å². The van der Waals surface area contributed by atoms with Crippen LogP contribution in [0.2, 0.25) is 0 Å². The molecule has 1 amide bonds. The summed E-state index contributed by atoms with van der Waals surface area (Å²) in [4.78, 5) is 11.8. The number of hydrogen-bond acceptors (Lipinski definition) is 5. The van der Waals surface area contributed by atoms with E-state index in [-0.39, 0.29) is 12.3 Å². The molecule has 0 aliphatic carbocycles. The molecule has 3 N–H and O–H groups in total. The Morgan fingerprint density at radius 2 is 1.64 bits per heavy atom. The summed E-state index contributed by atoms with van der Waals surface area (Å²) in [6, 6.07) is 17.3. The fourth-order valence-electron chi connectivity index (χ4n) is 1.93. The van der Waals surface area contributed by atoms with Crippen molar-refractivity contribution in [2.75, 3.05) is 10.6 Å². The first-order valence-electron chi connectivity index (χ1n) is 6.74. The Hall–Kier alpha value is -3.22. The normalized spacial score (nSPS) is 10.2. The number of carbonyl (C=O) groups is 1. The van der Waals surface area contributed by atoms with E-state index in [1.54, 1.807) is 0 Å². The van der Waals surface area contributed by atoms with Gasteiger partial charge in [-0.25, -0.2) is 0 Å². The summed E-state index contributed by atoms with van der Waals surface area (Å²) in [5.74, 6) is 0.171. The molecule has 0 spiro atoms. The predicted molar refractivity (Wildman–Crippen MR) is 82.7 cm³/mol. The van der Waals surface area contributed by atoms with Crippen LogP contribution >= 0.6 is 0 Å². The lowest BCUT2D eigenvalue weighted by molar-refractivity contribution is -0.115. The number of carbonyl (C=O) groups excluding carboxylic acids is 1. The molecule has 2 aromatic carbocycles. The Bertz CT molecular complexity index is 724. The number of aromatic amines is 1. The molecular weight excluding hydrogens is 280 g/mol. The van der Waals surface area contributed by atoms with Crippen molar-refractivity contribution in [1.82, 2.24) is 20.6 Å². The van der Waals surface area contributed by atoms with Crippen LogP contribution in [0.4, 0.5) is 17.1 Å². The van der Waals surface area contributed by atoms with E-state index in [1.165, 1.54) is 0 Å². The number of H-pyrrole nitrogens is 1. The highest BCUT2D eigenvalue weighted by atomic mass is 16.1. The van der Waals surface area contributed by atoms with E-state index < -0.39 is 0 Å². The minimum atomic E-state index is -0.190. The van der Waals surface area contributed by atoms with Gasteiger partial charge in [-0.15, -0.1) is 10.2 Å². The van der Waals surface area contributed by atoms with E-state index in [4.69, 9.17) is 0 Å². The van der Waals surface area contributed by atoms with E-state index in [9.17, 15) is 4.79 Å². The van der Waals surface area contributed by atoms with Crippen molar-refractivity contribution >= 4 is 23.0 Å². The van der Waals surface area contributed by atoms with Crippen molar-refractivity contribution in [1.29, 1.82) is 0 Å². The molecule has 3 aromatic rings. The Morgan fingerprint density at radius 1 is 0.955 bits per heavy atom. The first kappa shape index (κ1) is 13.7. The number of para-hydroxylation sites is 1. The van der Waals surface area contributed by atoms with Crippen LogP contribution in [0, 0.1) is 0 Å². The summed E-state index contributed by atoms with van der Waals surface area (Å²) in [6.07, 6.45) is 0.0838. The fourth-order valence-corrected chi connectivity index (χ4v) is 1.93. The number of hydrogen-bond donors (Lipinski definition) is 3. The maximum Gasteiger partial charge on any atom is 0.232 e. The number of anilines is 3. The maximum atomic E-state index is 11.8. The van der Waals surface area contributed by atoms with Crippen LogP contribution in [-0.4, -0.2) is 26.5 Å². The van der Waals surface area contributed by atoms with Crippen LogP contribution in [-0.2, 0) is 11.2 Å². The summed E-state index contributed by atoms with van der Waals surface area (Å²) in [5, 5.41) is 19.3. The quantitative estimate of drug-likeness (QED) is 0.670.